The van der Waals surface area contributed by atoms with Crippen LogP contribution in [0.2, 0.25) is 0 Å². The summed E-state index contributed by atoms with van der Waals surface area (Å²) in [7, 11) is 1.25. The molecule has 0 saturated heterocycles. The zero-order chi connectivity index (χ0) is 30.5. The highest BCUT2D eigenvalue weighted by molar-refractivity contribution is 5.87. The van der Waals surface area contributed by atoms with Gasteiger partial charge in [-0.1, -0.05) is 0 Å². The number of hydrogen-bond acceptors (Lipinski definition) is 11. The van der Waals surface area contributed by atoms with E-state index in [0.717, 1.165) is 5.56 Å². The van der Waals surface area contributed by atoms with Gasteiger partial charge in [0.05, 0.1) is 60.0 Å². The molecule has 1 aromatic heterocycles. The number of rotatable bonds is 21. The third kappa shape index (κ3) is 17.6. The van der Waals surface area contributed by atoms with Gasteiger partial charge in [0.25, 0.3) is 0 Å². The molecule has 0 fully saturated rings. The van der Waals surface area contributed by atoms with Crippen LogP contribution in [0, 0.1) is 6.92 Å². The second kappa shape index (κ2) is 20.9. The molecular weight excluding hydrogens is 536 g/mol. The predicted octanol–water partition coefficient (Wildman–Crippen LogP) is 1.98. The summed E-state index contributed by atoms with van der Waals surface area (Å²) in [4.78, 5) is 43.2. The van der Waals surface area contributed by atoms with Gasteiger partial charge in [0, 0.05) is 25.7 Å². The molecule has 0 radical (unpaired) electrons. The van der Waals surface area contributed by atoms with Gasteiger partial charge in [-0.15, -0.1) is 0 Å². The van der Waals surface area contributed by atoms with Crippen LogP contribution < -0.4 is 16.0 Å². The maximum Gasteiger partial charge on any atom is 0.416 e. The molecule has 3 N–H and O–H groups in total. The molecule has 0 saturated carbocycles. The first kappa shape index (κ1) is 36.2. The Morgan fingerprint density at radius 2 is 1.59 bits per heavy atom. The number of nitrogens with two attached hydrogens (primary N) is 1. The molecule has 0 aromatic carbocycles. The third-order valence-corrected chi connectivity index (χ3v) is 5.31. The standard InChI is InChI=1S/C28H48N4O9/c1-22-9-11-30-24(20-22)32(27(35)41-28(2,3)4)12-7-6-8-25(33)31-23(26(34)36-5)21-40-19-18-39-17-16-38-15-14-37-13-10-29/h9,11,20,23H,6-8,10,12-19,21,29H2,1-5H3,(H,31,33). The molecule has 1 atom stereocenters. The van der Waals surface area contributed by atoms with Crippen LogP contribution in [0.25, 0.3) is 0 Å². The Kier molecular flexibility index (Phi) is 18.5. The molecule has 234 valence electrons. The molecule has 0 aliphatic heterocycles. The summed E-state index contributed by atoms with van der Waals surface area (Å²) in [5, 5.41) is 2.65. The zero-order valence-corrected chi connectivity index (χ0v) is 25.1. The maximum atomic E-state index is 12.8. The highest BCUT2D eigenvalue weighted by atomic mass is 16.6. The zero-order valence-electron chi connectivity index (χ0n) is 25.1. The normalized spacial score (nSPS) is 12.0. The van der Waals surface area contributed by atoms with Gasteiger partial charge in [0.15, 0.2) is 6.04 Å². The highest BCUT2D eigenvalue weighted by Gasteiger charge is 2.25. The number of carbonyl (C=O) groups is 3. The average molecular weight is 585 g/mol. The van der Waals surface area contributed by atoms with E-state index < -0.39 is 23.7 Å². The van der Waals surface area contributed by atoms with E-state index in [1.165, 1.54) is 12.0 Å². The van der Waals surface area contributed by atoms with Gasteiger partial charge in [-0.25, -0.2) is 14.6 Å². The largest absolute Gasteiger partial charge is 0.467 e. The fourth-order valence-corrected chi connectivity index (χ4v) is 3.36. The number of aryl methyl sites for hydroxylation is 1. The van der Waals surface area contributed by atoms with Crippen molar-refractivity contribution in [2.24, 2.45) is 5.73 Å². The van der Waals surface area contributed by atoms with Crippen molar-refractivity contribution < 1.29 is 42.8 Å². The number of nitrogens with zero attached hydrogens (tertiary/aromatic N) is 2. The first-order valence-corrected chi connectivity index (χ1v) is 13.9. The number of nitrogens with one attached hydrogen (secondary N) is 1. The second-order valence-corrected chi connectivity index (χ2v) is 10.1. The number of esters is 1. The first-order chi connectivity index (χ1) is 19.6. The number of anilines is 1. The topological polar surface area (TPSA) is 161 Å². The number of ether oxygens (including phenoxy) is 6. The van der Waals surface area contributed by atoms with Crippen molar-refractivity contribution in [2.45, 2.75) is 58.6 Å². The Labute approximate surface area is 243 Å². The summed E-state index contributed by atoms with van der Waals surface area (Å²) < 4.78 is 31.8. The number of unbranched alkanes of at least 4 members (excludes halogenated alkanes) is 1. The Bertz CT molecular complexity index is 896. The summed E-state index contributed by atoms with van der Waals surface area (Å²) >= 11 is 0. The lowest BCUT2D eigenvalue weighted by Gasteiger charge is -2.27. The van der Waals surface area contributed by atoms with Gasteiger partial charge in [0.2, 0.25) is 5.91 Å². The van der Waals surface area contributed by atoms with Crippen LogP contribution in [0.15, 0.2) is 18.3 Å². The van der Waals surface area contributed by atoms with E-state index in [2.05, 4.69) is 10.3 Å². The Morgan fingerprint density at radius 3 is 2.15 bits per heavy atom. The van der Waals surface area contributed by atoms with Crippen molar-refractivity contribution >= 4 is 23.8 Å². The van der Waals surface area contributed by atoms with E-state index in [9.17, 15) is 14.4 Å². The quantitative estimate of drug-likeness (QED) is 0.161. The van der Waals surface area contributed by atoms with E-state index in [1.807, 2.05) is 13.0 Å². The molecule has 1 heterocycles. The summed E-state index contributed by atoms with van der Waals surface area (Å²) in [6, 6.07) is 2.70. The summed E-state index contributed by atoms with van der Waals surface area (Å²) in [6.07, 6.45) is 2.27. The van der Waals surface area contributed by atoms with Crippen molar-refractivity contribution in [3.8, 4) is 0 Å². The van der Waals surface area contributed by atoms with Crippen LogP contribution in [0.1, 0.15) is 45.6 Å². The van der Waals surface area contributed by atoms with Crippen LogP contribution in [-0.2, 0) is 38.0 Å². The summed E-state index contributed by atoms with van der Waals surface area (Å²) in [5.41, 5.74) is 5.63. The third-order valence-electron chi connectivity index (χ3n) is 5.31. The first-order valence-electron chi connectivity index (χ1n) is 13.9. The number of methoxy groups -OCH3 is 1. The molecule has 13 heteroatoms. The average Bonchev–Trinajstić information content (AvgIpc) is 2.91. The SMILES string of the molecule is COC(=O)C(COCCOCCOCCOCCN)NC(=O)CCCCN(C(=O)OC(C)(C)C)c1cc(C)ccn1. The van der Waals surface area contributed by atoms with Crippen molar-refractivity contribution in [1.82, 2.24) is 10.3 Å². The van der Waals surface area contributed by atoms with Crippen LogP contribution in [0.3, 0.4) is 0 Å². The Morgan fingerprint density at radius 1 is 0.976 bits per heavy atom. The monoisotopic (exact) mass is 584 g/mol. The lowest BCUT2D eigenvalue weighted by Crippen LogP contribution is -2.45. The van der Waals surface area contributed by atoms with E-state index in [-0.39, 0.29) is 25.5 Å². The van der Waals surface area contributed by atoms with Gasteiger partial charge in [-0.05, 0) is 58.2 Å². The fraction of sp³-hybridized carbons (Fsp3) is 0.714. The highest BCUT2D eigenvalue weighted by Crippen LogP contribution is 2.18. The van der Waals surface area contributed by atoms with Crippen molar-refractivity contribution in [2.75, 3.05) is 78.0 Å². The number of aromatic nitrogens is 1. The number of amides is 2. The van der Waals surface area contributed by atoms with E-state index in [1.54, 1.807) is 33.0 Å². The Hall–Kier alpha value is -2.84. The van der Waals surface area contributed by atoms with E-state index in [0.29, 0.717) is 71.4 Å². The van der Waals surface area contributed by atoms with Crippen LogP contribution in [-0.4, -0.2) is 108 Å². The van der Waals surface area contributed by atoms with Crippen molar-refractivity contribution in [1.29, 1.82) is 0 Å². The molecule has 2 amide bonds. The molecular formula is C28H48N4O9. The molecule has 1 aromatic rings. The minimum absolute atomic E-state index is 0.0534. The fourth-order valence-electron chi connectivity index (χ4n) is 3.36. The van der Waals surface area contributed by atoms with E-state index >= 15 is 0 Å². The molecule has 0 aliphatic rings. The summed E-state index contributed by atoms with van der Waals surface area (Å²) in [5.74, 6) is -0.451. The lowest BCUT2D eigenvalue weighted by atomic mass is 10.2. The molecule has 13 nitrogen and oxygen atoms in total. The van der Waals surface area contributed by atoms with Crippen molar-refractivity contribution in [3.63, 3.8) is 0 Å². The molecule has 1 rings (SSSR count). The minimum Gasteiger partial charge on any atom is -0.467 e. The van der Waals surface area contributed by atoms with Gasteiger partial charge < -0.3 is 39.5 Å². The number of pyridine rings is 1. The van der Waals surface area contributed by atoms with Crippen molar-refractivity contribution in [3.05, 3.63) is 23.9 Å². The van der Waals surface area contributed by atoms with Gasteiger partial charge in [-0.3, -0.25) is 9.69 Å². The number of carbonyl (C=O) groups excluding carboxylic acids is 3. The van der Waals surface area contributed by atoms with Gasteiger partial charge in [-0.2, -0.15) is 0 Å². The van der Waals surface area contributed by atoms with Crippen LogP contribution >= 0.6 is 0 Å². The number of hydrogen-bond donors (Lipinski definition) is 2. The molecule has 1 unspecified atom stereocenters. The Balaban J connectivity index is 2.39. The smallest absolute Gasteiger partial charge is 0.416 e. The van der Waals surface area contributed by atoms with E-state index in [4.69, 9.17) is 34.2 Å². The lowest BCUT2D eigenvalue weighted by molar-refractivity contribution is -0.147. The van der Waals surface area contributed by atoms with Crippen LogP contribution in [0.5, 0.6) is 0 Å². The minimum atomic E-state index is -0.945. The predicted molar refractivity (Wildman–Crippen MR) is 153 cm³/mol. The summed E-state index contributed by atoms with van der Waals surface area (Å²) in [6.45, 7) is 10.8. The molecule has 0 bridgehead atoms. The van der Waals surface area contributed by atoms with Crippen LogP contribution in [0.4, 0.5) is 10.6 Å². The molecule has 0 aliphatic carbocycles. The van der Waals surface area contributed by atoms with Gasteiger partial charge in [0.1, 0.15) is 11.4 Å². The van der Waals surface area contributed by atoms with Gasteiger partial charge >= 0.3 is 12.1 Å². The molecule has 0 spiro atoms. The second-order valence-electron chi connectivity index (χ2n) is 10.1. The maximum absolute atomic E-state index is 12.8. The molecule has 41 heavy (non-hydrogen) atoms.